The van der Waals surface area contributed by atoms with Crippen molar-refractivity contribution in [1.29, 1.82) is 0 Å². The van der Waals surface area contributed by atoms with Crippen LogP contribution in [0.2, 0.25) is 0 Å². The fraction of sp³-hybridized carbons (Fsp3) is 0.194. The number of carbonyl (C=O) groups is 1. The van der Waals surface area contributed by atoms with E-state index >= 15 is 0 Å². The number of anilines is 3. The van der Waals surface area contributed by atoms with Gasteiger partial charge in [0.2, 0.25) is 0 Å². The first kappa shape index (κ1) is 50.5. The maximum absolute atomic E-state index is 12.9. The van der Waals surface area contributed by atoms with E-state index in [0.717, 1.165) is 61.7 Å². The zero-order chi connectivity index (χ0) is 48.0. The smallest absolute Gasteiger partial charge is 0.397 e. The number of aliphatic hydroxyl groups is 1. The van der Waals surface area contributed by atoms with E-state index in [0.29, 0.717) is 0 Å². The Bertz CT molecular complexity index is 3160. The number of aliphatic hydroxyl groups excluding tert-OH is 1. The van der Waals surface area contributed by atoms with E-state index in [-0.39, 0.29) is 28.4 Å². The van der Waals surface area contributed by atoms with Crippen LogP contribution in [0.3, 0.4) is 0 Å². The molecule has 4 rings (SSSR count). The van der Waals surface area contributed by atoms with E-state index < -0.39 is 142 Å². The lowest BCUT2D eigenvalue weighted by Gasteiger charge is -2.14. The Morgan fingerprint density at radius 3 is 1.55 bits per heavy atom. The lowest BCUT2D eigenvalue weighted by molar-refractivity contribution is 0.0698. The van der Waals surface area contributed by atoms with Crippen molar-refractivity contribution in [3.63, 3.8) is 0 Å². The monoisotopic (exact) mass is 995 g/mol. The van der Waals surface area contributed by atoms with E-state index in [4.69, 9.17) is 31.0 Å². The van der Waals surface area contributed by atoms with Crippen LogP contribution in [-0.4, -0.2) is 104 Å². The summed E-state index contributed by atoms with van der Waals surface area (Å²) in [7, 11) is -22.4. The van der Waals surface area contributed by atoms with Gasteiger partial charge in [-0.25, -0.2) is 30.0 Å². The van der Waals surface area contributed by atoms with Crippen molar-refractivity contribution in [2.45, 2.75) is 21.3 Å². The minimum absolute atomic E-state index is 0.0850. The number of aromatic carboxylic acids is 1. The number of methoxy groups -OCH3 is 1. The highest BCUT2D eigenvalue weighted by atomic mass is 32.3. The molecular weight excluding hydrogens is 963 g/mol. The van der Waals surface area contributed by atoms with E-state index in [2.05, 4.69) is 39.1 Å². The summed E-state index contributed by atoms with van der Waals surface area (Å²) >= 11 is 0. The van der Waals surface area contributed by atoms with Crippen LogP contribution in [0.4, 0.5) is 51.2 Å². The average molecular weight is 996 g/mol. The zero-order valence-corrected chi connectivity index (χ0v) is 36.2. The Balaban J connectivity index is 1.93. The molecule has 0 radical (unpaired) electrons. The van der Waals surface area contributed by atoms with Crippen molar-refractivity contribution in [3.05, 3.63) is 65.7 Å². The number of nitrogens with zero attached hydrogens (tertiary/aromatic N) is 6. The third-order valence-corrected chi connectivity index (χ3v) is 13.2. The number of rotatable bonds is 20. The van der Waals surface area contributed by atoms with Crippen LogP contribution in [0.15, 0.2) is 100.0 Å². The molecule has 0 atom stereocenters. The van der Waals surface area contributed by atoms with Gasteiger partial charge in [-0.3, -0.25) is 13.7 Å². The second kappa shape index (κ2) is 19.7. The molecule has 0 bridgehead atoms. The van der Waals surface area contributed by atoms with Gasteiger partial charge in [0.05, 0.1) is 65.3 Å². The summed E-state index contributed by atoms with van der Waals surface area (Å²) in [6.45, 7) is -2.83. The van der Waals surface area contributed by atoms with Crippen molar-refractivity contribution < 1.29 is 83.9 Å². The molecule has 64 heavy (non-hydrogen) atoms. The van der Waals surface area contributed by atoms with Gasteiger partial charge in [-0.1, -0.05) is 0 Å². The molecule has 0 aliphatic heterocycles. The van der Waals surface area contributed by atoms with E-state index in [9.17, 15) is 61.6 Å². The number of nitrogen functional groups attached to an aromatic ring is 3. The molecule has 0 saturated heterocycles. The second-order valence-electron chi connectivity index (χ2n) is 12.3. The third kappa shape index (κ3) is 13.0. The Labute approximate surface area is 362 Å². The molecule has 11 N–H and O–H groups in total. The number of hydrogen-bond donors (Lipinski definition) is 8. The number of sulfone groups is 2. The van der Waals surface area contributed by atoms with Gasteiger partial charge < -0.3 is 32.2 Å². The fourth-order valence-corrected chi connectivity index (χ4v) is 8.70. The molecular formula is C31H33N9O19S5. The van der Waals surface area contributed by atoms with Crippen LogP contribution in [0, 0.1) is 0 Å². The Kier molecular flexibility index (Phi) is 15.6. The van der Waals surface area contributed by atoms with Crippen LogP contribution < -0.4 is 21.9 Å². The predicted molar refractivity (Wildman–Crippen MR) is 220 cm³/mol. The summed E-state index contributed by atoms with van der Waals surface area (Å²) in [4.78, 5) is 11.1. The summed E-state index contributed by atoms with van der Waals surface area (Å²) in [5.41, 5.74) is 12.4. The Hall–Kier alpha value is -6.14. The van der Waals surface area contributed by atoms with Crippen molar-refractivity contribution in [2.24, 2.45) is 30.7 Å². The van der Waals surface area contributed by atoms with Crippen LogP contribution in [0.1, 0.15) is 15.9 Å². The lowest BCUT2D eigenvalue weighted by Crippen LogP contribution is -2.15. The number of nitrogens with two attached hydrogens (primary N) is 3. The number of ether oxygens (including phenoxy) is 1. The summed E-state index contributed by atoms with van der Waals surface area (Å²) in [6, 6.07) is 8.80. The fourth-order valence-electron chi connectivity index (χ4n) is 5.06. The first-order valence-electron chi connectivity index (χ1n) is 16.8. The van der Waals surface area contributed by atoms with Crippen molar-refractivity contribution in [2.75, 3.05) is 49.0 Å². The lowest BCUT2D eigenvalue weighted by atomic mass is 10.1. The van der Waals surface area contributed by atoms with Crippen molar-refractivity contribution in [1.82, 2.24) is 0 Å². The van der Waals surface area contributed by atoms with E-state index in [1.54, 1.807) is 0 Å². The molecule has 0 heterocycles. The van der Waals surface area contributed by atoms with Gasteiger partial charge >= 0.3 is 26.8 Å². The van der Waals surface area contributed by atoms with Crippen LogP contribution in [-0.2, 0) is 65.6 Å². The summed E-state index contributed by atoms with van der Waals surface area (Å²) in [6.07, 6.45) is 0. The summed E-state index contributed by atoms with van der Waals surface area (Å²) < 4.78 is 159. The molecule has 346 valence electrons. The number of carboxylic acids is 1. The predicted octanol–water partition coefficient (Wildman–Crippen LogP) is 3.31. The molecule has 0 amide bonds. The third-order valence-electron chi connectivity index (χ3n) is 8.00. The summed E-state index contributed by atoms with van der Waals surface area (Å²) in [5.74, 6) is -3.98. The minimum Gasteiger partial charge on any atom is -0.494 e. The summed E-state index contributed by atoms with van der Waals surface area (Å²) in [5, 5.41) is 43.8. The van der Waals surface area contributed by atoms with Crippen molar-refractivity contribution in [3.8, 4) is 5.75 Å². The highest BCUT2D eigenvalue weighted by molar-refractivity contribution is 7.91. The molecule has 0 unspecified atom stereocenters. The molecule has 0 aliphatic rings. The SMILES string of the molecule is COc1cc(S(=O)(=O)CCOS(=O)(=O)O)ccc1N=Nc1c(N)c(N=Nc2ccc(S(=O)(=O)CCOS(=O)(=O)O)cc2CO)c(C(=O)O)c(N=Nc2cc(N)ccc2S(=O)(=O)O)c1N. The van der Waals surface area contributed by atoms with Gasteiger partial charge in [0.25, 0.3) is 10.1 Å². The van der Waals surface area contributed by atoms with E-state index in [1.807, 2.05) is 0 Å². The van der Waals surface area contributed by atoms with Crippen LogP contribution >= 0.6 is 0 Å². The second-order valence-corrected chi connectivity index (χ2v) is 20.1. The highest BCUT2D eigenvalue weighted by Gasteiger charge is 2.28. The maximum Gasteiger partial charge on any atom is 0.397 e. The molecule has 4 aromatic carbocycles. The molecule has 28 nitrogen and oxygen atoms in total. The van der Waals surface area contributed by atoms with Gasteiger partial charge in [0.1, 0.15) is 44.6 Å². The first-order valence-corrected chi connectivity index (χ1v) is 24.3. The molecule has 0 spiro atoms. The Morgan fingerprint density at radius 2 is 1.08 bits per heavy atom. The number of carboxylic acid groups (broad SMARTS) is 1. The molecule has 0 aromatic heterocycles. The molecule has 0 aliphatic carbocycles. The molecule has 33 heteroatoms. The molecule has 0 saturated carbocycles. The Morgan fingerprint density at radius 1 is 0.609 bits per heavy atom. The van der Waals surface area contributed by atoms with Gasteiger partial charge in [-0.15, -0.1) is 25.6 Å². The average Bonchev–Trinajstić information content (AvgIpc) is 3.18. The zero-order valence-electron chi connectivity index (χ0n) is 32.1. The normalized spacial score (nSPS) is 13.0. The van der Waals surface area contributed by atoms with Gasteiger partial charge in [0, 0.05) is 17.3 Å². The van der Waals surface area contributed by atoms with Gasteiger partial charge in [-0.05, 0) is 48.5 Å². The maximum atomic E-state index is 12.9. The molecule has 4 aromatic rings. The van der Waals surface area contributed by atoms with Gasteiger partial charge in [-0.2, -0.15) is 30.4 Å². The largest absolute Gasteiger partial charge is 0.494 e. The number of azo groups is 3. The van der Waals surface area contributed by atoms with Crippen LogP contribution in [0.25, 0.3) is 0 Å². The van der Waals surface area contributed by atoms with E-state index in [1.165, 1.54) is 0 Å². The van der Waals surface area contributed by atoms with Gasteiger partial charge in [0.15, 0.2) is 19.7 Å². The quantitative estimate of drug-likeness (QED) is 0.0357. The standard InChI is InChI=1S/C31H33N9O19S5/c1-57-23-14-19(61(46,47)11-9-59-64(54,55)56)4-6-21(23)36-40-30-26(33)28(38-35-20-5-3-18(12-16(20)15-41)60(44,45)10-8-58-63(51,52)53)25(31(42)43)29(27(30)34)39-37-22-13-17(32)2-7-24(22)62(48,49)50/h2-7,12-14,41H,8-11,15,32-34H2,1H3,(H,42,43)(H,48,49,50)(H,51,52,53)(H,54,55,56). The number of benzene rings is 4. The minimum atomic E-state index is -4.98. The first-order chi connectivity index (χ1) is 29.6. The number of hydrogen-bond acceptors (Lipinski definition) is 24. The van der Waals surface area contributed by atoms with Crippen molar-refractivity contribution >= 4 is 108 Å². The highest BCUT2D eigenvalue weighted by Crippen LogP contribution is 2.50. The molecule has 0 fully saturated rings. The topological polar surface area (TPSA) is 469 Å². The van der Waals surface area contributed by atoms with Crippen LogP contribution in [0.5, 0.6) is 5.75 Å².